The molecule has 0 saturated heterocycles. The van der Waals surface area contributed by atoms with Crippen molar-refractivity contribution in [3.05, 3.63) is 65.9 Å². The fourth-order valence-corrected chi connectivity index (χ4v) is 2.77. The van der Waals surface area contributed by atoms with E-state index in [9.17, 15) is 0 Å². The van der Waals surface area contributed by atoms with Gasteiger partial charge in [-0.3, -0.25) is 0 Å². The maximum atomic E-state index is 6.10. The van der Waals surface area contributed by atoms with Gasteiger partial charge in [-0.15, -0.1) is 0 Å². The Morgan fingerprint density at radius 3 is 2.50 bits per heavy atom. The minimum atomic E-state index is 0.731. The number of nitrogens with zero attached hydrogens (tertiary/aromatic N) is 1. The molecule has 0 aliphatic carbocycles. The van der Waals surface area contributed by atoms with Crippen LogP contribution in [-0.2, 0) is 0 Å². The maximum absolute atomic E-state index is 6.10. The second-order valence-corrected chi connectivity index (χ2v) is 5.21. The van der Waals surface area contributed by atoms with Gasteiger partial charge in [0.15, 0.2) is 0 Å². The lowest BCUT2D eigenvalue weighted by atomic mass is 10.0. The van der Waals surface area contributed by atoms with Gasteiger partial charge in [0.2, 0.25) is 0 Å². The predicted octanol–water partition coefficient (Wildman–Crippen LogP) is 5.04. The highest BCUT2D eigenvalue weighted by Gasteiger charge is 2.10. The van der Waals surface area contributed by atoms with Crippen LogP contribution >= 0.6 is 11.6 Å². The van der Waals surface area contributed by atoms with Gasteiger partial charge in [0.05, 0.1) is 11.2 Å². The molecule has 2 heterocycles. The molecule has 0 fully saturated rings. The van der Waals surface area contributed by atoms with Crippen molar-refractivity contribution in [2.45, 2.75) is 0 Å². The minimum Gasteiger partial charge on any atom is -0.366 e. The number of pyridine rings is 1. The van der Waals surface area contributed by atoms with Gasteiger partial charge in [-0.05, 0) is 18.2 Å². The smallest absolute Gasteiger partial charge is 0.0803 e. The van der Waals surface area contributed by atoms with Crippen LogP contribution < -0.4 is 0 Å². The monoisotopic (exact) mass is 278 g/mol. The fourth-order valence-electron chi connectivity index (χ4n) is 2.60. The highest BCUT2D eigenvalue weighted by Crippen LogP contribution is 2.33. The van der Waals surface area contributed by atoms with Crippen molar-refractivity contribution in [1.82, 2.24) is 9.97 Å². The number of halogens is 1. The van der Waals surface area contributed by atoms with Crippen LogP contribution in [0.2, 0.25) is 5.02 Å². The van der Waals surface area contributed by atoms with Gasteiger partial charge in [-0.2, -0.15) is 0 Å². The first-order chi connectivity index (χ1) is 9.83. The molecule has 0 bridgehead atoms. The Morgan fingerprint density at radius 1 is 0.850 bits per heavy atom. The zero-order valence-corrected chi connectivity index (χ0v) is 11.4. The Hall–Kier alpha value is -2.32. The summed E-state index contributed by atoms with van der Waals surface area (Å²) in [7, 11) is 0. The normalized spacial score (nSPS) is 11.2. The van der Waals surface area contributed by atoms with E-state index in [2.05, 4.69) is 17.1 Å². The summed E-state index contributed by atoms with van der Waals surface area (Å²) < 4.78 is 0. The van der Waals surface area contributed by atoms with Crippen LogP contribution in [0.3, 0.4) is 0 Å². The van der Waals surface area contributed by atoms with E-state index in [0.29, 0.717) is 0 Å². The van der Waals surface area contributed by atoms with Gasteiger partial charge in [-0.25, -0.2) is 4.98 Å². The van der Waals surface area contributed by atoms with Crippen LogP contribution in [0.25, 0.3) is 32.9 Å². The summed E-state index contributed by atoms with van der Waals surface area (Å²) in [5.41, 5.74) is 3.07. The number of aromatic amines is 1. The lowest BCUT2D eigenvalue weighted by molar-refractivity contribution is 1.41. The van der Waals surface area contributed by atoms with Gasteiger partial charge in [0.25, 0.3) is 0 Å². The van der Waals surface area contributed by atoms with E-state index in [-0.39, 0.29) is 0 Å². The molecular weight excluding hydrogens is 268 g/mol. The van der Waals surface area contributed by atoms with Crippen molar-refractivity contribution >= 4 is 33.3 Å². The van der Waals surface area contributed by atoms with E-state index in [1.807, 2.05) is 48.8 Å². The minimum absolute atomic E-state index is 0.731. The predicted molar refractivity (Wildman–Crippen MR) is 84.0 cm³/mol. The van der Waals surface area contributed by atoms with Crippen molar-refractivity contribution < 1.29 is 0 Å². The molecule has 0 radical (unpaired) electrons. The second-order valence-electron chi connectivity index (χ2n) is 4.77. The van der Waals surface area contributed by atoms with Crippen LogP contribution in [0.4, 0.5) is 0 Å². The molecule has 2 nitrogen and oxygen atoms in total. The van der Waals surface area contributed by atoms with E-state index in [1.165, 1.54) is 0 Å². The maximum Gasteiger partial charge on any atom is 0.0803 e. The van der Waals surface area contributed by atoms with Crippen LogP contribution in [0.1, 0.15) is 0 Å². The molecule has 4 rings (SSSR count). The van der Waals surface area contributed by atoms with E-state index in [1.54, 1.807) is 0 Å². The number of fused-ring (bicyclic) bond motifs is 3. The summed E-state index contributed by atoms with van der Waals surface area (Å²) in [6, 6.07) is 16.0. The van der Waals surface area contributed by atoms with E-state index < -0.39 is 0 Å². The fraction of sp³-hybridized carbons (Fsp3) is 0. The lowest BCUT2D eigenvalue weighted by Crippen LogP contribution is -1.87. The summed E-state index contributed by atoms with van der Waals surface area (Å²) in [6.45, 7) is 0. The number of hydrogen-bond acceptors (Lipinski definition) is 1. The van der Waals surface area contributed by atoms with E-state index in [0.717, 1.165) is 38.0 Å². The molecule has 0 saturated carbocycles. The third kappa shape index (κ3) is 1.69. The molecule has 96 valence electrons. The van der Waals surface area contributed by atoms with Crippen molar-refractivity contribution in [3.63, 3.8) is 0 Å². The van der Waals surface area contributed by atoms with Crippen LogP contribution in [-0.4, -0.2) is 9.97 Å². The second kappa shape index (κ2) is 4.36. The lowest BCUT2D eigenvalue weighted by Gasteiger charge is -2.07. The first-order valence-electron chi connectivity index (χ1n) is 6.44. The molecule has 3 heteroatoms. The molecule has 0 unspecified atom stereocenters. The molecule has 0 amide bonds. The standard InChI is InChI=1S/C17H11ClN2/c18-12-6-7-16-13(8-12)14-9-19-10-15(14)17(20-16)11-4-2-1-3-5-11/h1-10,19H. The molecule has 20 heavy (non-hydrogen) atoms. The Kier molecular flexibility index (Phi) is 2.51. The summed E-state index contributed by atoms with van der Waals surface area (Å²) in [6.07, 6.45) is 3.99. The molecule has 2 aromatic heterocycles. The summed E-state index contributed by atoms with van der Waals surface area (Å²) in [5, 5.41) is 4.07. The van der Waals surface area contributed by atoms with Crippen LogP contribution in [0.5, 0.6) is 0 Å². The number of nitrogens with one attached hydrogen (secondary N) is 1. The Balaban J connectivity index is 2.15. The number of hydrogen-bond donors (Lipinski definition) is 1. The molecule has 2 aromatic carbocycles. The van der Waals surface area contributed by atoms with Gasteiger partial charge in [0, 0.05) is 39.1 Å². The molecule has 1 N–H and O–H groups in total. The average molecular weight is 279 g/mol. The Morgan fingerprint density at radius 2 is 1.65 bits per heavy atom. The highest BCUT2D eigenvalue weighted by atomic mass is 35.5. The molecular formula is C17H11ClN2. The van der Waals surface area contributed by atoms with E-state index >= 15 is 0 Å². The molecule has 0 spiro atoms. The molecule has 0 aliphatic rings. The third-order valence-corrected chi connectivity index (χ3v) is 3.76. The average Bonchev–Trinajstić information content (AvgIpc) is 2.97. The van der Waals surface area contributed by atoms with Crippen molar-refractivity contribution in [2.24, 2.45) is 0 Å². The number of aromatic nitrogens is 2. The van der Waals surface area contributed by atoms with Crippen LogP contribution in [0.15, 0.2) is 60.9 Å². The van der Waals surface area contributed by atoms with Gasteiger partial charge >= 0.3 is 0 Å². The Bertz CT molecular complexity index is 910. The van der Waals surface area contributed by atoms with Gasteiger partial charge in [-0.1, -0.05) is 41.9 Å². The van der Waals surface area contributed by atoms with Crippen molar-refractivity contribution in [2.75, 3.05) is 0 Å². The first kappa shape index (κ1) is 11.5. The highest BCUT2D eigenvalue weighted by molar-refractivity contribution is 6.31. The number of H-pyrrole nitrogens is 1. The number of benzene rings is 2. The van der Waals surface area contributed by atoms with Crippen molar-refractivity contribution in [3.8, 4) is 11.3 Å². The summed E-state index contributed by atoms with van der Waals surface area (Å²) in [5.74, 6) is 0. The molecule has 0 aliphatic heterocycles. The molecule has 4 aromatic rings. The van der Waals surface area contributed by atoms with Gasteiger partial charge in [0.1, 0.15) is 0 Å². The first-order valence-corrected chi connectivity index (χ1v) is 6.82. The van der Waals surface area contributed by atoms with Crippen molar-refractivity contribution in [1.29, 1.82) is 0 Å². The zero-order valence-electron chi connectivity index (χ0n) is 10.6. The third-order valence-electron chi connectivity index (χ3n) is 3.53. The SMILES string of the molecule is Clc1ccc2nc(-c3ccccc3)c3c[nH]cc3c2c1. The van der Waals surface area contributed by atoms with Gasteiger partial charge < -0.3 is 4.98 Å². The largest absolute Gasteiger partial charge is 0.366 e. The molecule has 0 atom stereocenters. The topological polar surface area (TPSA) is 28.7 Å². The van der Waals surface area contributed by atoms with E-state index in [4.69, 9.17) is 16.6 Å². The number of rotatable bonds is 1. The summed E-state index contributed by atoms with van der Waals surface area (Å²) in [4.78, 5) is 7.98. The quantitative estimate of drug-likeness (QED) is 0.519. The van der Waals surface area contributed by atoms with Crippen LogP contribution in [0, 0.1) is 0 Å². The zero-order chi connectivity index (χ0) is 13.5. The Labute approximate surface area is 121 Å². The summed E-state index contributed by atoms with van der Waals surface area (Å²) >= 11 is 6.10.